The number of imidazole rings is 1. The molecular formula is C15H19FN4. The van der Waals surface area contributed by atoms with Crippen molar-refractivity contribution in [3.8, 4) is 5.82 Å². The number of rotatable bonds is 4. The summed E-state index contributed by atoms with van der Waals surface area (Å²) in [4.78, 5) is 8.62. The lowest BCUT2D eigenvalue weighted by Crippen LogP contribution is -2.15. The van der Waals surface area contributed by atoms with Crippen molar-refractivity contribution in [3.05, 3.63) is 41.4 Å². The molecule has 0 radical (unpaired) electrons. The molecule has 1 aliphatic carbocycles. The standard InChI is InChI=1S/C15H19FN4/c1-2-17-9-11-7-8-18-15(14(11)16)20-10-19-12-5-3-4-6-13(12)20/h7-8,10,17H,2-6,9H2,1H3. The van der Waals surface area contributed by atoms with Crippen LogP contribution in [0.25, 0.3) is 5.82 Å². The number of nitrogens with zero attached hydrogens (tertiary/aromatic N) is 3. The van der Waals surface area contributed by atoms with Crippen molar-refractivity contribution in [3.63, 3.8) is 0 Å². The summed E-state index contributed by atoms with van der Waals surface area (Å²) in [5.74, 6) is 0.121. The number of nitrogens with one attached hydrogen (secondary N) is 1. The quantitative estimate of drug-likeness (QED) is 0.931. The molecule has 0 amide bonds. The van der Waals surface area contributed by atoms with Crippen LogP contribution >= 0.6 is 0 Å². The lowest BCUT2D eigenvalue weighted by molar-refractivity contribution is 0.572. The third-order valence-electron chi connectivity index (χ3n) is 3.77. The first kappa shape index (κ1) is 13.2. The van der Waals surface area contributed by atoms with Gasteiger partial charge in [0.1, 0.15) is 6.33 Å². The van der Waals surface area contributed by atoms with Crippen LogP contribution in [0.1, 0.15) is 36.7 Å². The topological polar surface area (TPSA) is 42.7 Å². The molecule has 1 aliphatic rings. The SMILES string of the molecule is CCNCc1ccnc(-n2cnc3c2CCCC3)c1F. The molecule has 4 nitrogen and oxygen atoms in total. The molecule has 106 valence electrons. The number of fused-ring (bicyclic) bond motifs is 1. The van der Waals surface area contributed by atoms with Gasteiger partial charge in [0.2, 0.25) is 0 Å². The van der Waals surface area contributed by atoms with Crippen LogP contribution in [0.2, 0.25) is 0 Å². The van der Waals surface area contributed by atoms with Crippen molar-refractivity contribution in [1.29, 1.82) is 0 Å². The van der Waals surface area contributed by atoms with Crippen LogP contribution in [0.3, 0.4) is 0 Å². The van der Waals surface area contributed by atoms with Crippen molar-refractivity contribution >= 4 is 0 Å². The number of hydrogen-bond donors (Lipinski definition) is 1. The van der Waals surface area contributed by atoms with Gasteiger partial charge in [0.25, 0.3) is 0 Å². The molecule has 5 heteroatoms. The van der Waals surface area contributed by atoms with Crippen molar-refractivity contribution in [2.24, 2.45) is 0 Å². The second-order valence-electron chi connectivity index (χ2n) is 5.10. The Kier molecular flexibility index (Phi) is 3.78. The minimum absolute atomic E-state index is 0.251. The largest absolute Gasteiger partial charge is 0.313 e. The summed E-state index contributed by atoms with van der Waals surface area (Å²) in [6.45, 7) is 3.35. The van der Waals surface area contributed by atoms with Gasteiger partial charge in [-0.2, -0.15) is 0 Å². The average molecular weight is 274 g/mol. The zero-order valence-electron chi connectivity index (χ0n) is 11.7. The molecule has 2 aromatic heterocycles. The number of aryl methyl sites for hydroxylation is 1. The number of halogens is 1. The van der Waals surface area contributed by atoms with E-state index in [4.69, 9.17) is 0 Å². The molecule has 2 aromatic rings. The van der Waals surface area contributed by atoms with Crippen LogP contribution < -0.4 is 5.32 Å². The van der Waals surface area contributed by atoms with E-state index in [1.54, 1.807) is 18.6 Å². The highest BCUT2D eigenvalue weighted by Crippen LogP contribution is 2.24. The summed E-state index contributed by atoms with van der Waals surface area (Å²) in [5.41, 5.74) is 2.85. The molecule has 2 heterocycles. The van der Waals surface area contributed by atoms with Gasteiger partial charge in [0, 0.05) is 24.0 Å². The van der Waals surface area contributed by atoms with Crippen LogP contribution in [-0.2, 0) is 19.4 Å². The van der Waals surface area contributed by atoms with Crippen LogP contribution in [0.15, 0.2) is 18.6 Å². The molecule has 0 bridgehead atoms. The van der Waals surface area contributed by atoms with Gasteiger partial charge in [-0.25, -0.2) is 14.4 Å². The Balaban J connectivity index is 2.00. The van der Waals surface area contributed by atoms with E-state index < -0.39 is 0 Å². The van der Waals surface area contributed by atoms with Crippen molar-refractivity contribution in [2.45, 2.75) is 39.2 Å². The Morgan fingerprint density at radius 1 is 1.30 bits per heavy atom. The Hall–Kier alpha value is -1.75. The first-order valence-corrected chi connectivity index (χ1v) is 7.20. The van der Waals surface area contributed by atoms with Gasteiger partial charge in [0.05, 0.1) is 5.69 Å². The summed E-state index contributed by atoms with van der Waals surface area (Å²) in [5, 5.41) is 3.15. The van der Waals surface area contributed by atoms with Gasteiger partial charge in [-0.05, 0) is 38.3 Å². The minimum Gasteiger partial charge on any atom is -0.313 e. The zero-order chi connectivity index (χ0) is 13.9. The maximum absolute atomic E-state index is 14.6. The van der Waals surface area contributed by atoms with E-state index in [1.807, 2.05) is 11.5 Å². The fourth-order valence-corrected chi connectivity index (χ4v) is 2.69. The Morgan fingerprint density at radius 2 is 2.15 bits per heavy atom. The van der Waals surface area contributed by atoms with E-state index in [0.29, 0.717) is 17.9 Å². The van der Waals surface area contributed by atoms with Gasteiger partial charge in [-0.3, -0.25) is 4.57 Å². The summed E-state index contributed by atoms with van der Waals surface area (Å²) in [6.07, 6.45) is 7.62. The molecule has 1 N–H and O–H groups in total. The first-order valence-electron chi connectivity index (χ1n) is 7.20. The minimum atomic E-state index is -0.251. The third kappa shape index (κ3) is 2.33. The van der Waals surface area contributed by atoms with Gasteiger partial charge in [-0.15, -0.1) is 0 Å². The van der Waals surface area contributed by atoms with Gasteiger partial charge >= 0.3 is 0 Å². The van der Waals surface area contributed by atoms with E-state index in [0.717, 1.165) is 37.2 Å². The van der Waals surface area contributed by atoms with E-state index in [-0.39, 0.29) is 5.82 Å². The third-order valence-corrected chi connectivity index (χ3v) is 3.77. The smallest absolute Gasteiger partial charge is 0.174 e. The van der Waals surface area contributed by atoms with Crippen molar-refractivity contribution in [2.75, 3.05) is 6.54 Å². The molecule has 20 heavy (non-hydrogen) atoms. The second-order valence-corrected chi connectivity index (χ2v) is 5.10. The molecule has 0 aliphatic heterocycles. The molecular weight excluding hydrogens is 255 g/mol. The predicted octanol–water partition coefficient (Wildman–Crippen LogP) is 2.39. The van der Waals surface area contributed by atoms with E-state index in [2.05, 4.69) is 15.3 Å². The number of hydrogen-bond acceptors (Lipinski definition) is 3. The normalized spacial score (nSPS) is 14.3. The van der Waals surface area contributed by atoms with Crippen LogP contribution in [0, 0.1) is 5.82 Å². The predicted molar refractivity (Wildman–Crippen MR) is 75.3 cm³/mol. The Labute approximate surface area is 118 Å². The maximum atomic E-state index is 14.6. The van der Waals surface area contributed by atoms with Gasteiger partial charge < -0.3 is 5.32 Å². The summed E-state index contributed by atoms with van der Waals surface area (Å²) in [6, 6.07) is 1.73. The Bertz CT molecular complexity index is 606. The number of aromatic nitrogens is 3. The second kappa shape index (κ2) is 5.71. The summed E-state index contributed by atoms with van der Waals surface area (Å²) in [7, 11) is 0. The highest BCUT2D eigenvalue weighted by molar-refractivity contribution is 5.34. The van der Waals surface area contributed by atoms with Crippen molar-refractivity contribution in [1.82, 2.24) is 19.9 Å². The molecule has 0 saturated heterocycles. The molecule has 0 unspecified atom stereocenters. The maximum Gasteiger partial charge on any atom is 0.174 e. The molecule has 0 atom stereocenters. The van der Waals surface area contributed by atoms with Gasteiger partial charge in [0.15, 0.2) is 11.6 Å². The van der Waals surface area contributed by atoms with Crippen LogP contribution in [0.5, 0.6) is 0 Å². The van der Waals surface area contributed by atoms with Crippen LogP contribution in [-0.4, -0.2) is 21.1 Å². The monoisotopic (exact) mass is 274 g/mol. The molecule has 0 saturated carbocycles. The summed E-state index contributed by atoms with van der Waals surface area (Å²) < 4.78 is 16.4. The lowest BCUT2D eigenvalue weighted by atomic mass is 10.0. The zero-order valence-corrected chi connectivity index (χ0v) is 11.7. The molecule has 0 aromatic carbocycles. The summed E-state index contributed by atoms with van der Waals surface area (Å²) >= 11 is 0. The molecule has 0 fully saturated rings. The fraction of sp³-hybridized carbons (Fsp3) is 0.467. The first-order chi connectivity index (χ1) is 9.81. The Morgan fingerprint density at radius 3 is 3.00 bits per heavy atom. The van der Waals surface area contributed by atoms with Crippen LogP contribution in [0.4, 0.5) is 4.39 Å². The number of pyridine rings is 1. The highest BCUT2D eigenvalue weighted by Gasteiger charge is 2.19. The van der Waals surface area contributed by atoms with Gasteiger partial charge in [-0.1, -0.05) is 6.92 Å². The molecule has 0 spiro atoms. The van der Waals surface area contributed by atoms with E-state index in [1.165, 1.54) is 6.42 Å². The van der Waals surface area contributed by atoms with Crippen molar-refractivity contribution < 1.29 is 4.39 Å². The fourth-order valence-electron chi connectivity index (χ4n) is 2.69. The highest BCUT2D eigenvalue weighted by atomic mass is 19.1. The average Bonchev–Trinajstić information content (AvgIpc) is 2.90. The van der Waals surface area contributed by atoms with E-state index >= 15 is 0 Å². The lowest BCUT2D eigenvalue weighted by Gasteiger charge is -2.15. The molecule has 3 rings (SSSR count). The van der Waals surface area contributed by atoms with E-state index in [9.17, 15) is 4.39 Å².